The Kier molecular flexibility index (Phi) is 3.44. The molecular weight excluding hydrogens is 354 g/mol. The number of imide groups is 1. The Bertz CT molecular complexity index is 808. The Labute approximate surface area is 153 Å². The lowest BCUT2D eigenvalue weighted by Crippen LogP contribution is -2.40. The monoisotopic (exact) mass is 371 g/mol. The van der Waals surface area contributed by atoms with Crippen LogP contribution in [0.25, 0.3) is 0 Å². The van der Waals surface area contributed by atoms with Gasteiger partial charge in [0.15, 0.2) is 6.61 Å². The molecular formula is C19H17NO5S. The molecule has 0 spiro atoms. The van der Waals surface area contributed by atoms with E-state index in [1.54, 1.807) is 17.5 Å². The highest BCUT2D eigenvalue weighted by Crippen LogP contribution is 2.65. The predicted molar refractivity (Wildman–Crippen MR) is 91.0 cm³/mol. The van der Waals surface area contributed by atoms with Gasteiger partial charge >= 0.3 is 5.97 Å². The fraction of sp³-hybridized carbons (Fsp3) is 0.474. The average molecular weight is 371 g/mol. The van der Waals surface area contributed by atoms with Crippen molar-refractivity contribution in [1.82, 2.24) is 4.90 Å². The van der Waals surface area contributed by atoms with E-state index in [0.717, 1.165) is 11.3 Å². The van der Waals surface area contributed by atoms with E-state index in [4.69, 9.17) is 4.74 Å². The molecule has 0 aromatic carbocycles. The van der Waals surface area contributed by atoms with Gasteiger partial charge in [-0.15, -0.1) is 11.3 Å². The fourth-order valence-corrected chi connectivity index (χ4v) is 5.65. The van der Waals surface area contributed by atoms with Crippen molar-refractivity contribution in [2.75, 3.05) is 13.2 Å². The van der Waals surface area contributed by atoms with Crippen LogP contribution in [0.2, 0.25) is 0 Å². The molecule has 0 N–H and O–H groups in total. The number of ketones is 1. The molecule has 4 aliphatic carbocycles. The average Bonchev–Trinajstić information content (AvgIpc) is 3.23. The van der Waals surface area contributed by atoms with E-state index >= 15 is 0 Å². The van der Waals surface area contributed by atoms with E-state index in [0.29, 0.717) is 16.7 Å². The van der Waals surface area contributed by atoms with Gasteiger partial charge in [0.05, 0.1) is 16.7 Å². The molecule has 1 aliphatic heterocycles. The van der Waals surface area contributed by atoms with Crippen LogP contribution in [0, 0.1) is 35.5 Å². The van der Waals surface area contributed by atoms with E-state index < -0.39 is 12.5 Å². The fourth-order valence-electron chi connectivity index (χ4n) is 5.00. The zero-order valence-electron chi connectivity index (χ0n) is 13.9. The van der Waals surface area contributed by atoms with Crippen LogP contribution in [-0.4, -0.2) is 41.6 Å². The summed E-state index contributed by atoms with van der Waals surface area (Å²) in [5.41, 5.74) is 0. The Morgan fingerprint density at radius 3 is 2.35 bits per heavy atom. The molecule has 6 rings (SSSR count). The number of carbonyl (C=O) groups excluding carboxylic acids is 4. The lowest BCUT2D eigenvalue weighted by Gasteiger charge is -2.37. The highest BCUT2D eigenvalue weighted by atomic mass is 32.1. The number of amides is 2. The van der Waals surface area contributed by atoms with E-state index in [9.17, 15) is 19.2 Å². The molecule has 0 radical (unpaired) electrons. The van der Waals surface area contributed by atoms with Crippen molar-refractivity contribution < 1.29 is 23.9 Å². The highest BCUT2D eigenvalue weighted by molar-refractivity contribution is 7.12. The molecule has 3 fully saturated rings. The minimum absolute atomic E-state index is 0.132. The number of ether oxygens (including phenoxy) is 1. The normalized spacial score (nSPS) is 36.1. The molecule has 26 heavy (non-hydrogen) atoms. The maximum Gasteiger partial charge on any atom is 0.326 e. The molecule has 134 valence electrons. The number of carbonyl (C=O) groups is 4. The summed E-state index contributed by atoms with van der Waals surface area (Å²) in [5.74, 6) is -0.845. The number of hydrogen-bond donors (Lipinski definition) is 0. The molecule has 2 bridgehead atoms. The Morgan fingerprint density at radius 1 is 1.12 bits per heavy atom. The smallest absolute Gasteiger partial charge is 0.326 e. The number of likely N-dealkylation sites (tertiary alicyclic amines) is 1. The van der Waals surface area contributed by atoms with Crippen molar-refractivity contribution in [1.29, 1.82) is 0 Å². The van der Waals surface area contributed by atoms with E-state index in [1.165, 1.54) is 11.3 Å². The molecule has 2 saturated carbocycles. The summed E-state index contributed by atoms with van der Waals surface area (Å²) in [4.78, 5) is 51.1. The summed E-state index contributed by atoms with van der Waals surface area (Å²) in [7, 11) is 0. The molecule has 6 atom stereocenters. The van der Waals surface area contributed by atoms with Crippen LogP contribution < -0.4 is 0 Å². The molecule has 1 saturated heterocycles. The molecule has 0 unspecified atom stereocenters. The van der Waals surface area contributed by atoms with Gasteiger partial charge in [-0.1, -0.05) is 18.2 Å². The van der Waals surface area contributed by atoms with Gasteiger partial charge in [0.25, 0.3) is 0 Å². The first-order valence-electron chi connectivity index (χ1n) is 8.82. The highest BCUT2D eigenvalue weighted by Gasteiger charge is 2.67. The Hall–Kier alpha value is -2.28. The van der Waals surface area contributed by atoms with Gasteiger partial charge in [-0.2, -0.15) is 0 Å². The van der Waals surface area contributed by atoms with Crippen molar-refractivity contribution in [3.63, 3.8) is 0 Å². The first kappa shape index (κ1) is 15.9. The molecule has 7 heteroatoms. The SMILES string of the molecule is O=C(CN1C(=O)[C@@H]2[C@H]3C=C[C@@H]([C@@H]4C[C@@H]34)[C@@H]2C1=O)OCC(=O)c1cccs1. The van der Waals surface area contributed by atoms with Crippen LogP contribution in [0.4, 0.5) is 0 Å². The first-order chi connectivity index (χ1) is 12.6. The van der Waals surface area contributed by atoms with Crippen molar-refractivity contribution in [3.05, 3.63) is 34.5 Å². The minimum Gasteiger partial charge on any atom is -0.456 e. The van der Waals surface area contributed by atoms with Gasteiger partial charge < -0.3 is 4.74 Å². The maximum atomic E-state index is 12.8. The van der Waals surface area contributed by atoms with Crippen molar-refractivity contribution >= 4 is 34.9 Å². The number of nitrogens with zero attached hydrogens (tertiary/aromatic N) is 1. The summed E-state index contributed by atoms with van der Waals surface area (Å²) < 4.78 is 5.00. The summed E-state index contributed by atoms with van der Waals surface area (Å²) >= 11 is 1.28. The Balaban J connectivity index is 1.24. The lowest BCUT2D eigenvalue weighted by atomic mass is 9.63. The van der Waals surface area contributed by atoms with Gasteiger partial charge in [-0.3, -0.25) is 24.1 Å². The van der Waals surface area contributed by atoms with E-state index in [2.05, 4.69) is 12.2 Å². The van der Waals surface area contributed by atoms with Gasteiger partial charge in [0.1, 0.15) is 6.54 Å². The van der Waals surface area contributed by atoms with Crippen LogP contribution >= 0.6 is 11.3 Å². The molecule has 5 aliphatic rings. The molecule has 2 amide bonds. The topological polar surface area (TPSA) is 80.8 Å². The quantitative estimate of drug-likeness (QED) is 0.339. The zero-order chi connectivity index (χ0) is 18.0. The number of hydrogen-bond acceptors (Lipinski definition) is 6. The van der Waals surface area contributed by atoms with Gasteiger partial charge in [0.2, 0.25) is 17.6 Å². The van der Waals surface area contributed by atoms with Crippen molar-refractivity contribution in [3.8, 4) is 0 Å². The standard InChI is InChI=1S/C19H17NO5S/c21-13(14-2-1-5-26-14)8-25-15(22)7-20-18(23)16-9-3-4-10(12-6-11(9)12)17(16)19(20)24/h1-5,9-12,16-17H,6-8H2/t9-,10-,11-,12-,16-,17+/m0/s1. The van der Waals surface area contributed by atoms with Crippen LogP contribution in [0.15, 0.2) is 29.7 Å². The van der Waals surface area contributed by atoms with Crippen LogP contribution in [0.5, 0.6) is 0 Å². The molecule has 2 heterocycles. The minimum atomic E-state index is -0.722. The van der Waals surface area contributed by atoms with Gasteiger partial charge in [-0.25, -0.2) is 0 Å². The third-order valence-electron chi connectivity index (χ3n) is 6.20. The van der Waals surface area contributed by atoms with E-state index in [1.807, 2.05) is 0 Å². The number of Topliss-reactive ketones (excluding diaryl/α,β-unsaturated/α-hetero) is 1. The lowest BCUT2D eigenvalue weighted by molar-refractivity contribution is -0.152. The van der Waals surface area contributed by atoms with Crippen LogP contribution in [-0.2, 0) is 19.1 Å². The van der Waals surface area contributed by atoms with Gasteiger partial charge in [-0.05, 0) is 41.5 Å². The second kappa shape index (κ2) is 5.61. The number of rotatable bonds is 5. The third-order valence-corrected chi connectivity index (χ3v) is 7.11. The summed E-state index contributed by atoms with van der Waals surface area (Å²) in [6.45, 7) is -0.781. The number of esters is 1. The summed E-state index contributed by atoms with van der Waals surface area (Å²) in [6, 6.07) is 3.41. The van der Waals surface area contributed by atoms with Crippen molar-refractivity contribution in [2.45, 2.75) is 6.42 Å². The molecule has 6 nitrogen and oxygen atoms in total. The van der Waals surface area contributed by atoms with Gasteiger partial charge in [0, 0.05) is 0 Å². The van der Waals surface area contributed by atoms with Crippen LogP contribution in [0.1, 0.15) is 16.1 Å². The largest absolute Gasteiger partial charge is 0.456 e. The van der Waals surface area contributed by atoms with Crippen LogP contribution in [0.3, 0.4) is 0 Å². The van der Waals surface area contributed by atoms with E-state index in [-0.39, 0.29) is 47.9 Å². The molecule has 1 aromatic heterocycles. The first-order valence-corrected chi connectivity index (χ1v) is 9.70. The third kappa shape index (κ3) is 2.23. The number of thiophene rings is 1. The maximum absolute atomic E-state index is 12.8. The molecule has 1 aromatic rings. The predicted octanol–water partition coefficient (Wildman–Crippen LogP) is 1.53. The second-order valence-corrected chi connectivity index (χ2v) is 8.43. The summed E-state index contributed by atoms with van der Waals surface area (Å²) in [6.07, 6.45) is 5.28. The zero-order valence-corrected chi connectivity index (χ0v) is 14.7. The summed E-state index contributed by atoms with van der Waals surface area (Å²) in [5, 5.41) is 1.77. The number of allylic oxidation sites excluding steroid dienone is 2. The Morgan fingerprint density at radius 2 is 1.77 bits per heavy atom. The van der Waals surface area contributed by atoms with Crippen molar-refractivity contribution in [2.24, 2.45) is 35.5 Å². The second-order valence-electron chi connectivity index (χ2n) is 7.48.